The summed E-state index contributed by atoms with van der Waals surface area (Å²) in [6.07, 6.45) is 0. The number of methoxy groups -OCH3 is 1. The van der Waals surface area contributed by atoms with Crippen molar-refractivity contribution in [2.75, 3.05) is 12.4 Å². The summed E-state index contributed by atoms with van der Waals surface area (Å²) < 4.78 is 18.1. The van der Waals surface area contributed by atoms with E-state index in [0.29, 0.717) is 17.0 Å². The number of amidine groups is 1. The lowest BCUT2D eigenvalue weighted by Crippen LogP contribution is -2.12. The van der Waals surface area contributed by atoms with Gasteiger partial charge in [-0.2, -0.15) is 0 Å². The van der Waals surface area contributed by atoms with Gasteiger partial charge in [0.1, 0.15) is 17.4 Å². The highest BCUT2D eigenvalue weighted by Gasteiger charge is 2.05. The molecule has 0 aliphatic heterocycles. The number of nitrogens with one attached hydrogen (secondary N) is 2. The highest BCUT2D eigenvalue weighted by atomic mass is 35.5. The van der Waals surface area contributed by atoms with Crippen molar-refractivity contribution in [2.24, 2.45) is 0 Å². The van der Waals surface area contributed by atoms with E-state index in [1.54, 1.807) is 31.4 Å². The van der Waals surface area contributed by atoms with Crippen LogP contribution in [-0.4, -0.2) is 12.9 Å². The van der Waals surface area contributed by atoms with Gasteiger partial charge in [0.15, 0.2) is 0 Å². The molecule has 0 unspecified atom stereocenters. The molecule has 19 heavy (non-hydrogen) atoms. The van der Waals surface area contributed by atoms with Crippen LogP contribution in [0.25, 0.3) is 0 Å². The van der Waals surface area contributed by atoms with E-state index in [9.17, 15) is 4.39 Å². The number of anilines is 1. The molecule has 0 saturated heterocycles. The lowest BCUT2D eigenvalue weighted by atomic mass is 10.2. The van der Waals surface area contributed by atoms with Crippen LogP contribution >= 0.6 is 11.6 Å². The van der Waals surface area contributed by atoms with Crippen LogP contribution in [0.3, 0.4) is 0 Å². The van der Waals surface area contributed by atoms with Gasteiger partial charge >= 0.3 is 0 Å². The molecular formula is C14H12ClFN2O. The molecule has 0 fully saturated rings. The van der Waals surface area contributed by atoms with E-state index in [1.807, 2.05) is 0 Å². The van der Waals surface area contributed by atoms with Crippen molar-refractivity contribution in [1.29, 1.82) is 5.41 Å². The Hall–Kier alpha value is -2.07. The molecule has 0 aliphatic rings. The maximum absolute atomic E-state index is 13.0. The van der Waals surface area contributed by atoms with Gasteiger partial charge in [-0.05, 0) is 30.3 Å². The molecule has 0 aliphatic carbocycles. The van der Waals surface area contributed by atoms with E-state index in [-0.39, 0.29) is 10.9 Å². The van der Waals surface area contributed by atoms with E-state index in [1.165, 1.54) is 18.2 Å². The van der Waals surface area contributed by atoms with Gasteiger partial charge < -0.3 is 10.1 Å². The molecular weight excluding hydrogens is 267 g/mol. The normalized spacial score (nSPS) is 10.1. The molecule has 0 bridgehead atoms. The molecule has 2 rings (SSSR count). The van der Waals surface area contributed by atoms with Crippen LogP contribution in [0.1, 0.15) is 5.56 Å². The van der Waals surface area contributed by atoms with Crippen LogP contribution in [0.15, 0.2) is 42.5 Å². The Balaban J connectivity index is 2.18. The Morgan fingerprint density at radius 2 is 2.05 bits per heavy atom. The fourth-order valence-corrected chi connectivity index (χ4v) is 1.75. The summed E-state index contributed by atoms with van der Waals surface area (Å²) in [5, 5.41) is 10.8. The van der Waals surface area contributed by atoms with Gasteiger partial charge in [-0.15, -0.1) is 0 Å². The predicted octanol–water partition coefficient (Wildman–Crippen LogP) is 3.93. The molecule has 0 radical (unpaired) electrons. The quantitative estimate of drug-likeness (QED) is 0.660. The molecule has 0 amide bonds. The third-order valence-corrected chi connectivity index (χ3v) is 2.84. The summed E-state index contributed by atoms with van der Waals surface area (Å²) in [5.74, 6) is 0.364. The average Bonchev–Trinajstić information content (AvgIpc) is 2.43. The molecule has 0 atom stereocenters. The number of halogens is 2. The zero-order valence-corrected chi connectivity index (χ0v) is 11.0. The first-order valence-electron chi connectivity index (χ1n) is 5.55. The maximum Gasteiger partial charge on any atom is 0.141 e. The molecule has 3 nitrogen and oxygen atoms in total. The van der Waals surface area contributed by atoms with Gasteiger partial charge in [0.2, 0.25) is 0 Å². The minimum atomic E-state index is -0.486. The Bertz CT molecular complexity index is 616. The van der Waals surface area contributed by atoms with Gasteiger partial charge in [-0.1, -0.05) is 23.7 Å². The second-order valence-corrected chi connectivity index (χ2v) is 4.27. The number of ether oxygens (including phenoxy) is 1. The van der Waals surface area contributed by atoms with Gasteiger partial charge in [0, 0.05) is 11.3 Å². The summed E-state index contributed by atoms with van der Waals surface area (Å²) in [5.41, 5.74) is 1.22. The summed E-state index contributed by atoms with van der Waals surface area (Å²) in [4.78, 5) is 0. The second-order valence-electron chi connectivity index (χ2n) is 3.86. The van der Waals surface area contributed by atoms with Crippen molar-refractivity contribution in [3.8, 4) is 5.75 Å². The fraction of sp³-hybridized carbons (Fsp3) is 0.0714. The monoisotopic (exact) mass is 278 g/mol. The zero-order valence-electron chi connectivity index (χ0n) is 10.2. The van der Waals surface area contributed by atoms with Crippen LogP contribution in [0, 0.1) is 11.2 Å². The number of benzene rings is 2. The van der Waals surface area contributed by atoms with Crippen molar-refractivity contribution >= 4 is 23.1 Å². The second kappa shape index (κ2) is 5.71. The van der Waals surface area contributed by atoms with Crippen molar-refractivity contribution in [2.45, 2.75) is 0 Å². The van der Waals surface area contributed by atoms with E-state index >= 15 is 0 Å². The Labute approximate surface area is 115 Å². The van der Waals surface area contributed by atoms with Gasteiger partial charge in [0.25, 0.3) is 0 Å². The summed E-state index contributed by atoms with van der Waals surface area (Å²) in [7, 11) is 1.57. The van der Waals surface area contributed by atoms with E-state index in [4.69, 9.17) is 21.7 Å². The minimum absolute atomic E-state index is 0.0171. The minimum Gasteiger partial charge on any atom is -0.497 e. The zero-order chi connectivity index (χ0) is 13.8. The average molecular weight is 279 g/mol. The molecule has 2 N–H and O–H groups in total. The third-order valence-electron chi connectivity index (χ3n) is 2.55. The number of hydrogen-bond donors (Lipinski definition) is 2. The first-order chi connectivity index (χ1) is 9.10. The Morgan fingerprint density at radius 1 is 1.26 bits per heavy atom. The highest BCUT2D eigenvalue weighted by molar-refractivity contribution is 6.31. The summed E-state index contributed by atoms with van der Waals surface area (Å²) in [6.45, 7) is 0. The summed E-state index contributed by atoms with van der Waals surface area (Å²) in [6, 6.07) is 11.3. The van der Waals surface area contributed by atoms with Crippen molar-refractivity contribution in [3.05, 3.63) is 58.9 Å². The van der Waals surface area contributed by atoms with E-state index < -0.39 is 5.82 Å². The Kier molecular flexibility index (Phi) is 4.02. The highest BCUT2D eigenvalue weighted by Crippen LogP contribution is 2.20. The largest absolute Gasteiger partial charge is 0.497 e. The molecule has 2 aromatic rings. The topological polar surface area (TPSA) is 45.1 Å². The van der Waals surface area contributed by atoms with E-state index in [2.05, 4.69) is 5.32 Å². The SMILES string of the molecule is COc1cccc(C(=N)Nc2ccc(F)c(Cl)c2)c1. The van der Waals surface area contributed by atoms with Gasteiger partial charge in [-0.25, -0.2) is 4.39 Å². The van der Waals surface area contributed by atoms with E-state index in [0.717, 1.165) is 0 Å². The van der Waals surface area contributed by atoms with Gasteiger partial charge in [-0.3, -0.25) is 5.41 Å². The van der Waals surface area contributed by atoms with Crippen LogP contribution in [0.5, 0.6) is 5.75 Å². The summed E-state index contributed by atoms with van der Waals surface area (Å²) >= 11 is 5.69. The first-order valence-corrected chi connectivity index (χ1v) is 5.93. The number of hydrogen-bond acceptors (Lipinski definition) is 2. The smallest absolute Gasteiger partial charge is 0.141 e. The van der Waals surface area contributed by atoms with Crippen LogP contribution in [-0.2, 0) is 0 Å². The standard InChI is InChI=1S/C14H12ClFN2O/c1-19-11-4-2-3-9(7-11)14(17)18-10-5-6-13(16)12(15)8-10/h2-8H,1H3,(H2,17,18). The molecule has 5 heteroatoms. The molecule has 0 spiro atoms. The molecule has 0 heterocycles. The molecule has 0 aromatic heterocycles. The molecule has 98 valence electrons. The lowest BCUT2D eigenvalue weighted by molar-refractivity contribution is 0.414. The molecule has 2 aromatic carbocycles. The fourth-order valence-electron chi connectivity index (χ4n) is 1.57. The van der Waals surface area contributed by atoms with Crippen molar-refractivity contribution in [3.63, 3.8) is 0 Å². The first kappa shape index (κ1) is 13.4. The molecule has 0 saturated carbocycles. The van der Waals surface area contributed by atoms with Crippen LogP contribution in [0.4, 0.5) is 10.1 Å². The third kappa shape index (κ3) is 3.23. The van der Waals surface area contributed by atoms with Crippen LogP contribution in [0.2, 0.25) is 5.02 Å². The Morgan fingerprint density at radius 3 is 2.74 bits per heavy atom. The maximum atomic E-state index is 13.0. The van der Waals surface area contributed by atoms with Gasteiger partial charge in [0.05, 0.1) is 12.1 Å². The van der Waals surface area contributed by atoms with Crippen LogP contribution < -0.4 is 10.1 Å². The number of rotatable bonds is 3. The van der Waals surface area contributed by atoms with Crippen molar-refractivity contribution < 1.29 is 9.13 Å². The predicted molar refractivity (Wildman–Crippen MR) is 74.9 cm³/mol. The lowest BCUT2D eigenvalue weighted by Gasteiger charge is -2.09. The van der Waals surface area contributed by atoms with Crippen molar-refractivity contribution in [1.82, 2.24) is 0 Å².